The van der Waals surface area contributed by atoms with Crippen LogP contribution >= 0.6 is 0 Å². The Balaban J connectivity index is 2.07. The summed E-state index contributed by atoms with van der Waals surface area (Å²) in [5.41, 5.74) is 1.39. The van der Waals surface area contributed by atoms with E-state index in [1.807, 2.05) is 0 Å². The maximum absolute atomic E-state index is 12.8. The molecule has 1 atom stereocenters. The molecule has 1 unspecified atom stereocenters. The number of aliphatic hydroxyl groups excluding tert-OH is 1. The van der Waals surface area contributed by atoms with Crippen LogP contribution in [0.4, 0.5) is 13.2 Å². The van der Waals surface area contributed by atoms with Gasteiger partial charge in [-0.25, -0.2) is 4.98 Å². The van der Waals surface area contributed by atoms with Crippen LogP contribution in [0, 0.1) is 5.92 Å². The number of amides is 2. The first-order valence-electron chi connectivity index (χ1n) is 10.3. The molecule has 2 heterocycles. The number of hydrogen-bond acceptors (Lipinski definition) is 6. The minimum Gasteiger partial charge on any atom is -0.468 e. The first-order chi connectivity index (χ1) is 15.5. The summed E-state index contributed by atoms with van der Waals surface area (Å²) >= 11 is 0. The molecule has 0 aliphatic carbocycles. The number of aliphatic hydroxyl groups is 1. The molecule has 0 bridgehead atoms. The third-order valence-corrected chi connectivity index (χ3v) is 4.66. The molecule has 3 N–H and O–H groups in total. The zero-order valence-electron chi connectivity index (χ0n) is 18.6. The average molecular weight is 468 g/mol. The van der Waals surface area contributed by atoms with Gasteiger partial charge in [-0.05, 0) is 30.7 Å². The second-order valence-corrected chi connectivity index (χ2v) is 7.68. The molecule has 0 aliphatic rings. The quantitative estimate of drug-likeness (QED) is 0.494. The topological polar surface area (TPSA) is 113 Å². The summed E-state index contributed by atoms with van der Waals surface area (Å²) < 4.78 is 41.8. The minimum absolute atomic E-state index is 0.0702. The van der Waals surface area contributed by atoms with Crippen molar-refractivity contribution in [1.82, 2.24) is 20.6 Å². The normalized spacial score (nSPS) is 12.4. The number of nitrogens with zero attached hydrogens (tertiary/aromatic N) is 2. The number of aromatic nitrogens is 2. The van der Waals surface area contributed by atoms with Gasteiger partial charge in [0.25, 0.3) is 5.91 Å². The molecule has 33 heavy (non-hydrogen) atoms. The van der Waals surface area contributed by atoms with Crippen molar-refractivity contribution in [3.63, 3.8) is 0 Å². The highest BCUT2D eigenvalue weighted by Crippen LogP contribution is 2.23. The number of ether oxygens (including phenoxy) is 1. The standard InChI is InChI=1S/C22H27F3N4O4/c1-13(2)19(31)27-8-6-18-17(5-4-7-26-18)20(32)29-14(3)15-9-16(11-30)21(28-10-15)33-12-22(23,24)25/h4-5,7,9-10,13-14,30H,6,8,11-12H2,1-3H3,(H,27,31)(H,29,32). The minimum atomic E-state index is -4.53. The molecular weight excluding hydrogens is 441 g/mol. The molecule has 2 aromatic rings. The van der Waals surface area contributed by atoms with Crippen LogP contribution in [-0.4, -0.2) is 46.2 Å². The lowest BCUT2D eigenvalue weighted by Crippen LogP contribution is -2.31. The largest absolute Gasteiger partial charge is 0.468 e. The van der Waals surface area contributed by atoms with E-state index in [1.54, 1.807) is 39.1 Å². The second-order valence-electron chi connectivity index (χ2n) is 7.68. The molecule has 2 amide bonds. The van der Waals surface area contributed by atoms with Crippen LogP contribution in [-0.2, 0) is 17.8 Å². The maximum Gasteiger partial charge on any atom is 0.422 e. The van der Waals surface area contributed by atoms with Crippen LogP contribution < -0.4 is 15.4 Å². The molecule has 0 aliphatic heterocycles. The lowest BCUT2D eigenvalue weighted by atomic mass is 10.1. The smallest absolute Gasteiger partial charge is 0.422 e. The van der Waals surface area contributed by atoms with Gasteiger partial charge in [-0.1, -0.05) is 13.8 Å². The molecule has 0 aromatic carbocycles. The molecule has 2 rings (SSSR count). The first kappa shape index (κ1) is 26.0. The fourth-order valence-electron chi connectivity index (χ4n) is 2.86. The Bertz CT molecular complexity index is 967. The molecular formula is C22H27F3N4O4. The zero-order chi connectivity index (χ0) is 24.6. The van der Waals surface area contributed by atoms with E-state index in [9.17, 15) is 27.9 Å². The van der Waals surface area contributed by atoms with Crippen molar-refractivity contribution in [2.45, 2.75) is 46.0 Å². The summed E-state index contributed by atoms with van der Waals surface area (Å²) in [6, 6.07) is 4.09. The first-order valence-corrected chi connectivity index (χ1v) is 10.3. The average Bonchev–Trinajstić information content (AvgIpc) is 2.77. The van der Waals surface area contributed by atoms with Crippen LogP contribution in [0.2, 0.25) is 0 Å². The van der Waals surface area contributed by atoms with Crippen molar-refractivity contribution in [2.24, 2.45) is 5.92 Å². The van der Waals surface area contributed by atoms with Gasteiger partial charge >= 0.3 is 6.18 Å². The molecule has 0 saturated carbocycles. The second kappa shape index (κ2) is 11.6. The number of carbonyl (C=O) groups is 2. The highest BCUT2D eigenvalue weighted by atomic mass is 19.4. The Kier molecular flexibility index (Phi) is 9.15. The van der Waals surface area contributed by atoms with E-state index in [2.05, 4.69) is 25.3 Å². The van der Waals surface area contributed by atoms with Crippen molar-refractivity contribution in [1.29, 1.82) is 0 Å². The van der Waals surface area contributed by atoms with Crippen LogP contribution in [0.15, 0.2) is 30.6 Å². The van der Waals surface area contributed by atoms with Gasteiger partial charge in [-0.3, -0.25) is 14.6 Å². The number of rotatable bonds is 10. The van der Waals surface area contributed by atoms with E-state index >= 15 is 0 Å². The van der Waals surface area contributed by atoms with Gasteiger partial charge in [0.15, 0.2) is 6.61 Å². The fraction of sp³-hybridized carbons (Fsp3) is 0.455. The Hall–Kier alpha value is -3.21. The number of pyridine rings is 2. The number of nitrogens with one attached hydrogen (secondary N) is 2. The van der Waals surface area contributed by atoms with E-state index in [1.165, 1.54) is 12.3 Å². The van der Waals surface area contributed by atoms with Crippen LogP contribution in [0.25, 0.3) is 0 Å². The van der Waals surface area contributed by atoms with Crippen molar-refractivity contribution in [2.75, 3.05) is 13.2 Å². The summed E-state index contributed by atoms with van der Waals surface area (Å²) in [7, 11) is 0. The van der Waals surface area contributed by atoms with Crippen LogP contribution in [0.5, 0.6) is 5.88 Å². The van der Waals surface area contributed by atoms with E-state index in [4.69, 9.17) is 0 Å². The SMILES string of the molecule is CC(C)C(=O)NCCc1ncccc1C(=O)NC(C)c1cnc(OCC(F)(F)F)c(CO)c1. The Morgan fingerprint density at radius 1 is 1.21 bits per heavy atom. The van der Waals surface area contributed by atoms with Gasteiger partial charge < -0.3 is 20.5 Å². The highest BCUT2D eigenvalue weighted by Gasteiger charge is 2.29. The summed E-state index contributed by atoms with van der Waals surface area (Å²) in [4.78, 5) is 32.6. The highest BCUT2D eigenvalue weighted by molar-refractivity contribution is 5.95. The maximum atomic E-state index is 12.8. The molecule has 0 radical (unpaired) electrons. The monoisotopic (exact) mass is 468 g/mol. The van der Waals surface area contributed by atoms with Crippen molar-refractivity contribution in [3.05, 3.63) is 53.0 Å². The lowest BCUT2D eigenvalue weighted by Gasteiger charge is -2.18. The fourth-order valence-corrected chi connectivity index (χ4v) is 2.86. The summed E-state index contributed by atoms with van der Waals surface area (Å²) in [6.07, 6.45) is -1.34. The van der Waals surface area contributed by atoms with Crippen molar-refractivity contribution >= 4 is 11.8 Å². The summed E-state index contributed by atoms with van der Waals surface area (Å²) in [6.45, 7) is 3.45. The molecule has 8 nitrogen and oxygen atoms in total. The third kappa shape index (κ3) is 8.01. The third-order valence-electron chi connectivity index (χ3n) is 4.66. The molecule has 180 valence electrons. The van der Waals surface area contributed by atoms with Gasteiger partial charge in [-0.2, -0.15) is 13.2 Å². The van der Waals surface area contributed by atoms with Crippen molar-refractivity contribution in [3.8, 4) is 5.88 Å². The number of hydrogen-bond donors (Lipinski definition) is 3. The summed E-state index contributed by atoms with van der Waals surface area (Å²) in [5, 5.41) is 15.0. The van der Waals surface area contributed by atoms with Gasteiger partial charge in [0, 0.05) is 36.8 Å². The lowest BCUT2D eigenvalue weighted by molar-refractivity contribution is -0.154. The summed E-state index contributed by atoms with van der Waals surface area (Å²) in [5.74, 6) is -0.987. The van der Waals surface area contributed by atoms with E-state index in [0.29, 0.717) is 29.8 Å². The molecule has 11 heteroatoms. The molecule has 0 saturated heterocycles. The Morgan fingerprint density at radius 2 is 1.94 bits per heavy atom. The van der Waals surface area contributed by atoms with E-state index < -0.39 is 31.3 Å². The van der Waals surface area contributed by atoms with Gasteiger partial charge in [-0.15, -0.1) is 0 Å². The van der Waals surface area contributed by atoms with Gasteiger partial charge in [0.1, 0.15) is 0 Å². The van der Waals surface area contributed by atoms with Gasteiger partial charge in [0.2, 0.25) is 11.8 Å². The van der Waals surface area contributed by atoms with Crippen molar-refractivity contribution < 1.29 is 32.6 Å². The molecule has 2 aromatic heterocycles. The molecule has 0 fully saturated rings. The Labute approximate surface area is 189 Å². The van der Waals surface area contributed by atoms with Crippen LogP contribution in [0.3, 0.4) is 0 Å². The van der Waals surface area contributed by atoms with E-state index in [0.717, 1.165) is 0 Å². The number of halogens is 3. The number of alkyl halides is 3. The predicted octanol–water partition coefficient (Wildman–Crippen LogP) is 2.72. The zero-order valence-corrected chi connectivity index (χ0v) is 18.6. The van der Waals surface area contributed by atoms with Crippen LogP contribution in [0.1, 0.15) is 54.0 Å². The van der Waals surface area contributed by atoms with Gasteiger partial charge in [0.05, 0.1) is 23.9 Å². The van der Waals surface area contributed by atoms with E-state index in [-0.39, 0.29) is 23.3 Å². The Morgan fingerprint density at radius 3 is 2.58 bits per heavy atom. The predicted molar refractivity (Wildman–Crippen MR) is 113 cm³/mol. The number of carbonyl (C=O) groups excluding carboxylic acids is 2. The molecule has 0 spiro atoms.